The van der Waals surface area contributed by atoms with Gasteiger partial charge in [0, 0.05) is 0 Å². The Morgan fingerprint density at radius 2 is 1.45 bits per heavy atom. The van der Waals surface area contributed by atoms with Crippen molar-refractivity contribution in [2.24, 2.45) is 0 Å². The van der Waals surface area contributed by atoms with Crippen LogP contribution in [0.5, 0.6) is 0 Å². The highest BCUT2D eigenvalue weighted by Crippen LogP contribution is 2.12. The predicted octanol–water partition coefficient (Wildman–Crippen LogP) is 4.11. The van der Waals surface area contributed by atoms with Crippen LogP contribution in [0.3, 0.4) is 0 Å². The molecule has 2 unspecified atom stereocenters. The molecule has 0 N–H and O–H groups in total. The smallest absolute Gasteiger partial charge is 0.104 e. The number of rotatable bonds is 12. The summed E-state index contributed by atoms with van der Waals surface area (Å²) in [7, 11) is 0. The van der Waals surface area contributed by atoms with Crippen molar-refractivity contribution in [3.8, 4) is 0 Å². The van der Waals surface area contributed by atoms with E-state index in [9.17, 15) is 0 Å². The second kappa shape index (κ2) is 12.4. The number of hydrogen-bond acceptors (Lipinski definition) is 3. The van der Waals surface area contributed by atoms with Crippen molar-refractivity contribution >= 4 is 0 Å². The van der Waals surface area contributed by atoms with Gasteiger partial charge < -0.3 is 14.2 Å². The maximum atomic E-state index is 5.23. The Bertz CT molecular complexity index is 210. The standard InChI is InChI=1S/C11H22.C6H10O3/c1-3-5-7-9-11-10-8-6-4-2;1(5-3-8-5)7-2-6-4-9-6/h3H,1,4-11H2,2H3;5-6H,1-4H2. The first kappa shape index (κ1) is 17.7. The average molecular weight is 284 g/mol. The van der Waals surface area contributed by atoms with Gasteiger partial charge in [-0.2, -0.15) is 0 Å². The highest BCUT2D eigenvalue weighted by molar-refractivity contribution is 4.71. The summed E-state index contributed by atoms with van der Waals surface area (Å²) in [6.45, 7) is 9.23. The van der Waals surface area contributed by atoms with Gasteiger partial charge in [-0.05, 0) is 12.8 Å². The van der Waals surface area contributed by atoms with Gasteiger partial charge in [0.05, 0.1) is 26.4 Å². The van der Waals surface area contributed by atoms with Crippen LogP contribution < -0.4 is 0 Å². The Labute approximate surface area is 124 Å². The summed E-state index contributed by atoms with van der Waals surface area (Å²) in [5.74, 6) is 0. The van der Waals surface area contributed by atoms with Crippen LogP contribution in [0.4, 0.5) is 0 Å². The van der Waals surface area contributed by atoms with Gasteiger partial charge in [0.2, 0.25) is 0 Å². The van der Waals surface area contributed by atoms with E-state index < -0.39 is 0 Å². The molecule has 0 spiro atoms. The molecule has 2 rings (SSSR count). The van der Waals surface area contributed by atoms with Crippen molar-refractivity contribution in [2.45, 2.75) is 70.5 Å². The fourth-order valence-electron chi connectivity index (χ4n) is 1.91. The van der Waals surface area contributed by atoms with Crippen LogP contribution in [0, 0.1) is 0 Å². The molecule has 2 aliphatic rings. The molecule has 2 saturated heterocycles. The van der Waals surface area contributed by atoms with Crippen molar-refractivity contribution in [3.05, 3.63) is 12.7 Å². The van der Waals surface area contributed by atoms with Crippen LogP contribution in [-0.4, -0.2) is 38.6 Å². The largest absolute Gasteiger partial charge is 0.376 e. The maximum absolute atomic E-state index is 5.23. The molecule has 2 atom stereocenters. The number of hydrogen-bond donors (Lipinski definition) is 0. The number of epoxide rings is 2. The van der Waals surface area contributed by atoms with Crippen molar-refractivity contribution in [2.75, 3.05) is 26.4 Å². The Hall–Kier alpha value is -0.380. The predicted molar refractivity (Wildman–Crippen MR) is 83.1 cm³/mol. The fourth-order valence-corrected chi connectivity index (χ4v) is 1.91. The molecule has 0 aliphatic carbocycles. The first-order valence-corrected chi connectivity index (χ1v) is 8.28. The van der Waals surface area contributed by atoms with Gasteiger partial charge in [-0.15, -0.1) is 6.58 Å². The van der Waals surface area contributed by atoms with E-state index >= 15 is 0 Å². The Kier molecular flexibility index (Phi) is 10.9. The summed E-state index contributed by atoms with van der Waals surface area (Å²) in [6, 6.07) is 0. The Morgan fingerprint density at radius 3 is 1.90 bits per heavy atom. The average Bonchev–Trinajstić information content (AvgIpc) is 3.33. The molecule has 0 aromatic rings. The zero-order valence-corrected chi connectivity index (χ0v) is 13.1. The van der Waals surface area contributed by atoms with Crippen molar-refractivity contribution in [1.29, 1.82) is 0 Å². The van der Waals surface area contributed by atoms with E-state index in [0.29, 0.717) is 12.2 Å². The van der Waals surface area contributed by atoms with Crippen LogP contribution in [0.1, 0.15) is 58.3 Å². The van der Waals surface area contributed by atoms with E-state index in [1.807, 2.05) is 6.08 Å². The van der Waals surface area contributed by atoms with Gasteiger partial charge in [0.15, 0.2) is 0 Å². The topological polar surface area (TPSA) is 34.3 Å². The minimum absolute atomic E-state index is 0.392. The molecular weight excluding hydrogens is 252 g/mol. The van der Waals surface area contributed by atoms with Crippen LogP contribution in [0.2, 0.25) is 0 Å². The highest BCUT2D eigenvalue weighted by atomic mass is 16.6. The lowest BCUT2D eigenvalue weighted by Crippen LogP contribution is -2.06. The van der Waals surface area contributed by atoms with Crippen LogP contribution in [0.25, 0.3) is 0 Å². The van der Waals surface area contributed by atoms with Crippen LogP contribution in [0.15, 0.2) is 12.7 Å². The Morgan fingerprint density at radius 1 is 0.950 bits per heavy atom. The van der Waals surface area contributed by atoms with E-state index in [4.69, 9.17) is 14.2 Å². The highest BCUT2D eigenvalue weighted by Gasteiger charge is 2.26. The first-order valence-electron chi connectivity index (χ1n) is 8.28. The zero-order chi connectivity index (χ0) is 14.5. The van der Waals surface area contributed by atoms with E-state index in [-0.39, 0.29) is 0 Å². The van der Waals surface area contributed by atoms with E-state index in [0.717, 1.165) is 26.4 Å². The number of unbranched alkanes of at least 4 members (excludes halogenated alkanes) is 7. The van der Waals surface area contributed by atoms with Gasteiger partial charge in [-0.25, -0.2) is 0 Å². The molecule has 0 aromatic carbocycles. The molecular formula is C17H32O3. The van der Waals surface area contributed by atoms with Gasteiger partial charge in [0.1, 0.15) is 12.2 Å². The third-order valence-corrected chi connectivity index (χ3v) is 3.42. The van der Waals surface area contributed by atoms with Crippen LogP contribution in [-0.2, 0) is 14.2 Å². The van der Waals surface area contributed by atoms with Crippen molar-refractivity contribution in [1.82, 2.24) is 0 Å². The lowest BCUT2D eigenvalue weighted by Gasteiger charge is -1.98. The summed E-state index contributed by atoms with van der Waals surface area (Å²) >= 11 is 0. The summed E-state index contributed by atoms with van der Waals surface area (Å²) in [4.78, 5) is 0. The second-order valence-corrected chi connectivity index (χ2v) is 5.65. The monoisotopic (exact) mass is 284 g/mol. The molecule has 0 aromatic heterocycles. The van der Waals surface area contributed by atoms with Crippen molar-refractivity contribution in [3.63, 3.8) is 0 Å². The summed E-state index contributed by atoms with van der Waals surface area (Å²) in [5.41, 5.74) is 0. The minimum atomic E-state index is 0.392. The maximum Gasteiger partial charge on any atom is 0.104 e. The van der Waals surface area contributed by atoms with Gasteiger partial charge in [-0.1, -0.05) is 51.5 Å². The van der Waals surface area contributed by atoms with E-state index in [1.165, 1.54) is 51.4 Å². The molecule has 0 saturated carbocycles. The number of ether oxygens (including phenoxy) is 3. The fraction of sp³-hybridized carbons (Fsp3) is 0.882. The SMILES string of the molecule is C(OCC1CO1)C1CO1.C=CCCCCCCCCC. The zero-order valence-electron chi connectivity index (χ0n) is 13.1. The van der Waals surface area contributed by atoms with Gasteiger partial charge >= 0.3 is 0 Å². The lowest BCUT2D eigenvalue weighted by molar-refractivity contribution is 0.102. The summed E-state index contributed by atoms with van der Waals surface area (Å²) < 4.78 is 15.1. The molecule has 2 fully saturated rings. The summed E-state index contributed by atoms with van der Waals surface area (Å²) in [6.07, 6.45) is 13.8. The quantitative estimate of drug-likeness (QED) is 0.307. The normalized spacial score (nSPS) is 22.9. The number of allylic oxidation sites excluding steroid dienone is 1. The first-order chi connectivity index (χ1) is 9.86. The second-order valence-electron chi connectivity index (χ2n) is 5.65. The molecule has 3 heteroatoms. The van der Waals surface area contributed by atoms with Gasteiger partial charge in [-0.3, -0.25) is 0 Å². The molecule has 20 heavy (non-hydrogen) atoms. The molecule has 0 radical (unpaired) electrons. The molecule has 3 nitrogen and oxygen atoms in total. The third kappa shape index (κ3) is 12.6. The van der Waals surface area contributed by atoms with Gasteiger partial charge in [0.25, 0.3) is 0 Å². The molecule has 118 valence electrons. The third-order valence-electron chi connectivity index (χ3n) is 3.42. The molecule has 2 aliphatic heterocycles. The van der Waals surface area contributed by atoms with E-state index in [1.54, 1.807) is 0 Å². The van der Waals surface area contributed by atoms with E-state index in [2.05, 4.69) is 13.5 Å². The summed E-state index contributed by atoms with van der Waals surface area (Å²) in [5, 5.41) is 0. The minimum Gasteiger partial charge on any atom is -0.376 e. The Balaban J connectivity index is 0.000000202. The van der Waals surface area contributed by atoms with Crippen LogP contribution >= 0.6 is 0 Å². The molecule has 0 amide bonds. The lowest BCUT2D eigenvalue weighted by atomic mass is 10.1. The molecule has 2 heterocycles. The molecule has 0 bridgehead atoms. The van der Waals surface area contributed by atoms with Crippen molar-refractivity contribution < 1.29 is 14.2 Å².